The van der Waals surface area contributed by atoms with Crippen molar-refractivity contribution in [1.29, 1.82) is 0 Å². The zero-order valence-corrected chi connectivity index (χ0v) is 12.6. The van der Waals surface area contributed by atoms with Crippen molar-refractivity contribution in [1.82, 2.24) is 14.3 Å². The third-order valence-electron chi connectivity index (χ3n) is 3.58. The van der Waals surface area contributed by atoms with Gasteiger partial charge in [-0.2, -0.15) is 5.10 Å². The van der Waals surface area contributed by atoms with Crippen molar-refractivity contribution in [2.45, 2.75) is 33.4 Å². The van der Waals surface area contributed by atoms with Gasteiger partial charge in [0.2, 0.25) is 0 Å². The first-order valence-electron chi connectivity index (χ1n) is 7.53. The van der Waals surface area contributed by atoms with Gasteiger partial charge in [-0.05, 0) is 37.6 Å². The fourth-order valence-corrected chi connectivity index (χ4v) is 2.48. The Hall–Kier alpha value is -2.23. The van der Waals surface area contributed by atoms with Gasteiger partial charge >= 0.3 is 0 Å². The Balaban J connectivity index is 1.82. The van der Waals surface area contributed by atoms with E-state index in [0.717, 1.165) is 31.9 Å². The van der Waals surface area contributed by atoms with E-state index in [0.29, 0.717) is 0 Å². The van der Waals surface area contributed by atoms with Crippen LogP contribution >= 0.6 is 0 Å². The van der Waals surface area contributed by atoms with Gasteiger partial charge in [0.25, 0.3) is 0 Å². The van der Waals surface area contributed by atoms with E-state index >= 15 is 0 Å². The van der Waals surface area contributed by atoms with Gasteiger partial charge in [0.1, 0.15) is 5.75 Å². The van der Waals surface area contributed by atoms with Crippen molar-refractivity contribution in [2.75, 3.05) is 6.61 Å². The lowest BCUT2D eigenvalue weighted by molar-refractivity contribution is 0.318. The lowest BCUT2D eigenvalue weighted by atomic mass is 10.2. The average molecular weight is 283 g/mol. The fourth-order valence-electron chi connectivity index (χ4n) is 2.48. The predicted octanol–water partition coefficient (Wildman–Crippen LogP) is 3.69. The van der Waals surface area contributed by atoms with Gasteiger partial charge in [-0.25, -0.2) is 0 Å². The molecule has 2 heterocycles. The molecule has 0 spiro atoms. The summed E-state index contributed by atoms with van der Waals surface area (Å²) in [6, 6.07) is 8.42. The summed E-state index contributed by atoms with van der Waals surface area (Å²) in [5.41, 5.74) is 2.45. The first-order chi connectivity index (χ1) is 10.3. The van der Waals surface area contributed by atoms with Crippen LogP contribution in [0.25, 0.3) is 10.9 Å². The first kappa shape index (κ1) is 13.7. The second-order valence-corrected chi connectivity index (χ2v) is 5.22. The average Bonchev–Trinajstić information content (AvgIpc) is 3.12. The summed E-state index contributed by atoms with van der Waals surface area (Å²) in [5.74, 6) is 0.945. The van der Waals surface area contributed by atoms with Crippen molar-refractivity contribution in [3.63, 3.8) is 0 Å². The van der Waals surface area contributed by atoms with Gasteiger partial charge in [0, 0.05) is 35.4 Å². The van der Waals surface area contributed by atoms with Gasteiger partial charge in [-0.15, -0.1) is 0 Å². The molecule has 0 amide bonds. The van der Waals surface area contributed by atoms with E-state index in [9.17, 15) is 0 Å². The first-order valence-corrected chi connectivity index (χ1v) is 7.53. The standard InChI is InChI=1S/C17H21N3O/c1-3-9-21-16-5-6-17-15(10-16)7-8-19(17)12-14-11-18-20(4-2)13-14/h5-8,10-11,13H,3-4,9,12H2,1-2H3. The molecular weight excluding hydrogens is 262 g/mol. The number of rotatable bonds is 6. The van der Waals surface area contributed by atoms with Gasteiger partial charge < -0.3 is 9.30 Å². The van der Waals surface area contributed by atoms with Crippen LogP contribution in [-0.2, 0) is 13.1 Å². The fraction of sp³-hybridized carbons (Fsp3) is 0.353. The molecule has 3 aromatic rings. The van der Waals surface area contributed by atoms with E-state index in [1.807, 2.05) is 16.9 Å². The summed E-state index contributed by atoms with van der Waals surface area (Å²) in [6.07, 6.45) is 7.19. The highest BCUT2D eigenvalue weighted by atomic mass is 16.5. The second-order valence-electron chi connectivity index (χ2n) is 5.22. The Kier molecular flexibility index (Phi) is 3.95. The second kappa shape index (κ2) is 6.04. The maximum absolute atomic E-state index is 5.69. The Bertz CT molecular complexity index is 727. The largest absolute Gasteiger partial charge is 0.494 e. The van der Waals surface area contributed by atoms with Crippen LogP contribution < -0.4 is 4.74 Å². The van der Waals surface area contributed by atoms with Gasteiger partial charge in [0.15, 0.2) is 0 Å². The van der Waals surface area contributed by atoms with Gasteiger partial charge in [-0.1, -0.05) is 6.92 Å². The number of hydrogen-bond donors (Lipinski definition) is 0. The predicted molar refractivity (Wildman–Crippen MR) is 84.7 cm³/mol. The van der Waals surface area contributed by atoms with Crippen LogP contribution in [0.15, 0.2) is 42.9 Å². The molecule has 0 aliphatic rings. The molecule has 0 saturated carbocycles. The molecule has 0 aliphatic carbocycles. The molecule has 4 heteroatoms. The Morgan fingerprint density at radius 1 is 1.19 bits per heavy atom. The summed E-state index contributed by atoms with van der Waals surface area (Å²) in [5, 5.41) is 5.54. The minimum absolute atomic E-state index is 0.766. The van der Waals surface area contributed by atoms with E-state index in [4.69, 9.17) is 4.74 Å². The summed E-state index contributed by atoms with van der Waals surface area (Å²) in [6.45, 7) is 6.73. The maximum Gasteiger partial charge on any atom is 0.120 e. The molecule has 0 N–H and O–H groups in total. The Morgan fingerprint density at radius 2 is 2.10 bits per heavy atom. The molecule has 2 aromatic heterocycles. The maximum atomic E-state index is 5.69. The van der Waals surface area contributed by atoms with Crippen LogP contribution in [0, 0.1) is 0 Å². The monoisotopic (exact) mass is 283 g/mol. The summed E-state index contributed by atoms with van der Waals surface area (Å²) >= 11 is 0. The van der Waals surface area contributed by atoms with Crippen LogP contribution in [0.2, 0.25) is 0 Å². The molecule has 4 nitrogen and oxygen atoms in total. The number of hydrogen-bond acceptors (Lipinski definition) is 2. The van der Waals surface area contributed by atoms with Crippen LogP contribution in [0.3, 0.4) is 0 Å². The molecule has 1 aromatic carbocycles. The molecule has 21 heavy (non-hydrogen) atoms. The molecule has 0 unspecified atom stereocenters. The number of ether oxygens (including phenoxy) is 1. The van der Waals surface area contributed by atoms with E-state index in [-0.39, 0.29) is 0 Å². The molecule has 3 rings (SSSR count). The number of nitrogens with zero attached hydrogens (tertiary/aromatic N) is 3. The van der Waals surface area contributed by atoms with E-state index in [1.54, 1.807) is 0 Å². The minimum Gasteiger partial charge on any atom is -0.494 e. The summed E-state index contributed by atoms with van der Waals surface area (Å²) in [4.78, 5) is 0. The summed E-state index contributed by atoms with van der Waals surface area (Å²) in [7, 11) is 0. The van der Waals surface area contributed by atoms with E-state index in [1.165, 1.54) is 16.5 Å². The van der Waals surface area contributed by atoms with Crippen LogP contribution in [0.5, 0.6) is 5.75 Å². The lowest BCUT2D eigenvalue weighted by Gasteiger charge is -2.06. The molecule has 0 atom stereocenters. The third kappa shape index (κ3) is 2.94. The molecule has 0 fully saturated rings. The van der Waals surface area contributed by atoms with E-state index in [2.05, 4.69) is 54.1 Å². The Labute approximate surface area is 124 Å². The quantitative estimate of drug-likeness (QED) is 0.691. The van der Waals surface area contributed by atoms with Crippen LogP contribution in [0.4, 0.5) is 0 Å². The van der Waals surface area contributed by atoms with Crippen LogP contribution in [0.1, 0.15) is 25.8 Å². The third-order valence-corrected chi connectivity index (χ3v) is 3.58. The zero-order chi connectivity index (χ0) is 14.7. The van der Waals surface area contributed by atoms with Crippen molar-refractivity contribution in [2.24, 2.45) is 0 Å². The Morgan fingerprint density at radius 3 is 2.86 bits per heavy atom. The molecule has 0 radical (unpaired) electrons. The number of benzene rings is 1. The summed E-state index contributed by atoms with van der Waals surface area (Å²) < 4.78 is 9.89. The van der Waals surface area contributed by atoms with Crippen molar-refractivity contribution in [3.05, 3.63) is 48.4 Å². The van der Waals surface area contributed by atoms with E-state index < -0.39 is 0 Å². The molecule has 0 aliphatic heterocycles. The highest BCUT2D eigenvalue weighted by Gasteiger charge is 2.05. The SMILES string of the molecule is CCCOc1ccc2c(ccn2Cc2cnn(CC)c2)c1. The highest BCUT2D eigenvalue weighted by Crippen LogP contribution is 2.23. The molecule has 0 saturated heterocycles. The van der Waals surface area contributed by atoms with Crippen molar-refractivity contribution < 1.29 is 4.74 Å². The molecule has 0 bridgehead atoms. The van der Waals surface area contributed by atoms with Gasteiger partial charge in [-0.3, -0.25) is 4.68 Å². The number of aromatic nitrogens is 3. The van der Waals surface area contributed by atoms with Gasteiger partial charge in [0.05, 0.1) is 19.3 Å². The lowest BCUT2D eigenvalue weighted by Crippen LogP contribution is -1.98. The highest BCUT2D eigenvalue weighted by molar-refractivity contribution is 5.81. The van der Waals surface area contributed by atoms with Crippen LogP contribution in [-0.4, -0.2) is 21.0 Å². The zero-order valence-electron chi connectivity index (χ0n) is 12.6. The number of aryl methyl sites for hydroxylation is 1. The number of fused-ring (bicyclic) bond motifs is 1. The minimum atomic E-state index is 0.766. The molecular formula is C17H21N3O. The normalized spacial score (nSPS) is 11.1. The molecule has 110 valence electrons. The van der Waals surface area contributed by atoms with Crippen molar-refractivity contribution >= 4 is 10.9 Å². The topological polar surface area (TPSA) is 32.0 Å². The van der Waals surface area contributed by atoms with Crippen molar-refractivity contribution in [3.8, 4) is 5.75 Å². The smallest absolute Gasteiger partial charge is 0.120 e.